The van der Waals surface area contributed by atoms with Gasteiger partial charge >= 0.3 is 6.09 Å². The second-order valence-electron chi connectivity index (χ2n) is 9.34. The smallest absolute Gasteiger partial charge is 0.410 e. The van der Waals surface area contributed by atoms with Gasteiger partial charge in [0.05, 0.1) is 17.8 Å². The maximum Gasteiger partial charge on any atom is 0.410 e. The number of likely N-dealkylation sites (tertiary alicyclic amines) is 1. The Morgan fingerprint density at radius 1 is 1.23 bits per heavy atom. The van der Waals surface area contributed by atoms with E-state index in [1.807, 2.05) is 37.9 Å². The van der Waals surface area contributed by atoms with Crippen LogP contribution in [0.25, 0.3) is 10.9 Å². The fourth-order valence-corrected chi connectivity index (χ4v) is 4.43. The van der Waals surface area contributed by atoms with E-state index in [-0.39, 0.29) is 18.0 Å². The molecule has 1 fully saturated rings. The first-order valence-electron chi connectivity index (χ1n) is 10.7. The Bertz CT molecular complexity index is 940. The van der Waals surface area contributed by atoms with Gasteiger partial charge in [-0.05, 0) is 63.6 Å². The SMILES string of the molecule is CC(C)(C)OC(=O)N1CCC(N2Cc3c(ccc4[nH]ncc34)CC[C@@H](N)C2=O)CC1. The Morgan fingerprint density at radius 3 is 2.67 bits per heavy atom. The molecule has 8 nitrogen and oxygen atoms in total. The van der Waals surface area contributed by atoms with Gasteiger partial charge in [-0.15, -0.1) is 0 Å². The van der Waals surface area contributed by atoms with Crippen LogP contribution in [0.3, 0.4) is 0 Å². The molecule has 0 radical (unpaired) electrons. The predicted molar refractivity (Wildman–Crippen MR) is 114 cm³/mol. The van der Waals surface area contributed by atoms with Crippen molar-refractivity contribution in [2.45, 2.75) is 70.7 Å². The number of rotatable bonds is 1. The van der Waals surface area contributed by atoms with Gasteiger partial charge in [0.2, 0.25) is 5.91 Å². The molecule has 2 aromatic rings. The summed E-state index contributed by atoms with van der Waals surface area (Å²) in [5, 5.41) is 8.26. The van der Waals surface area contributed by atoms with Crippen molar-refractivity contribution in [3.8, 4) is 0 Å². The molecule has 0 bridgehead atoms. The lowest BCUT2D eigenvalue weighted by atomic mass is 9.92. The molecule has 1 aromatic heterocycles. The lowest BCUT2D eigenvalue weighted by Gasteiger charge is -2.40. The van der Waals surface area contributed by atoms with Crippen molar-refractivity contribution < 1.29 is 14.3 Å². The molecule has 2 aliphatic rings. The number of aromatic amines is 1. The van der Waals surface area contributed by atoms with Crippen LogP contribution in [0.5, 0.6) is 0 Å². The van der Waals surface area contributed by atoms with Gasteiger partial charge in [-0.25, -0.2) is 4.79 Å². The molecule has 3 N–H and O–H groups in total. The summed E-state index contributed by atoms with van der Waals surface area (Å²) in [5.74, 6) is -0.00290. The predicted octanol–water partition coefficient (Wildman–Crippen LogP) is 2.56. The Morgan fingerprint density at radius 2 is 1.97 bits per heavy atom. The summed E-state index contributed by atoms with van der Waals surface area (Å²) < 4.78 is 5.49. The number of amides is 2. The molecule has 0 unspecified atom stereocenters. The zero-order valence-electron chi connectivity index (χ0n) is 18.0. The van der Waals surface area contributed by atoms with Gasteiger partial charge in [0.1, 0.15) is 5.60 Å². The third-order valence-electron chi connectivity index (χ3n) is 6.04. The topological polar surface area (TPSA) is 105 Å². The van der Waals surface area contributed by atoms with Gasteiger partial charge in [0.15, 0.2) is 0 Å². The number of carbonyl (C=O) groups excluding carboxylic acids is 2. The molecule has 1 aromatic carbocycles. The number of aromatic nitrogens is 2. The number of hydrogen-bond acceptors (Lipinski definition) is 5. The number of piperidine rings is 1. The van der Waals surface area contributed by atoms with Gasteiger partial charge in [-0.3, -0.25) is 9.89 Å². The third-order valence-corrected chi connectivity index (χ3v) is 6.04. The fraction of sp³-hybridized carbons (Fsp3) is 0.591. The first-order chi connectivity index (χ1) is 14.2. The van der Waals surface area contributed by atoms with Crippen molar-refractivity contribution in [2.24, 2.45) is 5.73 Å². The molecule has 162 valence electrons. The number of benzene rings is 1. The molecule has 0 aliphatic carbocycles. The maximum absolute atomic E-state index is 13.2. The van der Waals surface area contributed by atoms with Crippen LogP contribution in [-0.4, -0.2) is 62.8 Å². The zero-order valence-corrected chi connectivity index (χ0v) is 18.0. The van der Waals surface area contributed by atoms with Crippen LogP contribution in [0.4, 0.5) is 4.79 Å². The van der Waals surface area contributed by atoms with E-state index in [0.29, 0.717) is 38.9 Å². The molecule has 0 spiro atoms. The quantitative estimate of drug-likeness (QED) is 0.748. The summed E-state index contributed by atoms with van der Waals surface area (Å²) in [4.78, 5) is 29.2. The minimum absolute atomic E-state index is 0.00290. The standard InChI is InChI=1S/C22H31N5O3/c1-22(2,3)30-21(29)26-10-8-15(9-11-26)27-13-17-14(4-6-18(23)20(27)28)5-7-19-16(17)12-24-25-19/h5,7,12,15,18H,4,6,8-11,13,23H2,1-3H3,(H,24,25)/t18-/m1/s1. The molecule has 2 aliphatic heterocycles. The number of carbonyl (C=O) groups is 2. The zero-order chi connectivity index (χ0) is 21.5. The molecular formula is C22H31N5O3. The Labute approximate surface area is 176 Å². The van der Waals surface area contributed by atoms with Crippen molar-refractivity contribution in [3.05, 3.63) is 29.5 Å². The number of aryl methyl sites for hydroxylation is 1. The number of nitrogens with zero attached hydrogens (tertiary/aromatic N) is 3. The van der Waals surface area contributed by atoms with Crippen LogP contribution in [0.1, 0.15) is 51.2 Å². The van der Waals surface area contributed by atoms with Crippen molar-refractivity contribution >= 4 is 22.9 Å². The highest BCUT2D eigenvalue weighted by atomic mass is 16.6. The van der Waals surface area contributed by atoms with Crippen LogP contribution in [0.15, 0.2) is 18.3 Å². The molecule has 8 heteroatoms. The van der Waals surface area contributed by atoms with Gasteiger partial charge in [0.25, 0.3) is 0 Å². The number of hydrogen-bond donors (Lipinski definition) is 2. The molecule has 30 heavy (non-hydrogen) atoms. The maximum atomic E-state index is 13.2. The first kappa shape index (κ1) is 20.7. The van der Waals surface area contributed by atoms with E-state index in [9.17, 15) is 9.59 Å². The molecule has 1 saturated heterocycles. The van der Waals surface area contributed by atoms with Gasteiger partial charge in [0, 0.05) is 31.1 Å². The van der Waals surface area contributed by atoms with Crippen molar-refractivity contribution in [3.63, 3.8) is 0 Å². The summed E-state index contributed by atoms with van der Waals surface area (Å²) in [5.41, 5.74) is 9.08. The molecule has 2 amide bonds. The van der Waals surface area contributed by atoms with E-state index >= 15 is 0 Å². The van der Waals surface area contributed by atoms with Crippen LogP contribution in [0.2, 0.25) is 0 Å². The van der Waals surface area contributed by atoms with Crippen molar-refractivity contribution in [1.29, 1.82) is 0 Å². The number of nitrogens with two attached hydrogens (primary N) is 1. The normalized spacial score (nSPS) is 21.3. The summed E-state index contributed by atoms with van der Waals surface area (Å²) in [7, 11) is 0. The van der Waals surface area contributed by atoms with Gasteiger partial charge in [-0.1, -0.05) is 6.07 Å². The number of H-pyrrole nitrogens is 1. The molecule has 4 rings (SSSR count). The van der Waals surface area contributed by atoms with Crippen LogP contribution in [-0.2, 0) is 22.5 Å². The molecule has 3 heterocycles. The van der Waals surface area contributed by atoms with Crippen molar-refractivity contribution in [2.75, 3.05) is 13.1 Å². The highest BCUT2D eigenvalue weighted by Gasteiger charge is 2.35. The van der Waals surface area contributed by atoms with Gasteiger partial charge < -0.3 is 20.3 Å². The third kappa shape index (κ3) is 4.14. The molecular weight excluding hydrogens is 382 g/mol. The minimum Gasteiger partial charge on any atom is -0.444 e. The fourth-order valence-electron chi connectivity index (χ4n) is 4.43. The lowest BCUT2D eigenvalue weighted by Crippen LogP contribution is -2.53. The number of ether oxygens (including phenoxy) is 1. The lowest BCUT2D eigenvalue weighted by molar-refractivity contribution is -0.137. The Balaban J connectivity index is 1.53. The number of nitrogens with one attached hydrogen (secondary N) is 1. The van der Waals surface area contributed by atoms with E-state index in [2.05, 4.69) is 16.3 Å². The average Bonchev–Trinajstić information content (AvgIpc) is 3.17. The summed E-state index contributed by atoms with van der Waals surface area (Å²) >= 11 is 0. The van der Waals surface area contributed by atoms with E-state index < -0.39 is 11.6 Å². The summed E-state index contributed by atoms with van der Waals surface area (Å²) in [6, 6.07) is 3.71. The van der Waals surface area contributed by atoms with Crippen LogP contribution >= 0.6 is 0 Å². The first-order valence-corrected chi connectivity index (χ1v) is 10.7. The van der Waals surface area contributed by atoms with E-state index in [0.717, 1.165) is 22.9 Å². The summed E-state index contributed by atoms with van der Waals surface area (Å²) in [6.45, 7) is 7.27. The largest absolute Gasteiger partial charge is 0.444 e. The average molecular weight is 414 g/mol. The highest BCUT2D eigenvalue weighted by molar-refractivity contribution is 5.86. The van der Waals surface area contributed by atoms with E-state index in [1.54, 1.807) is 4.90 Å². The van der Waals surface area contributed by atoms with Crippen LogP contribution in [0, 0.1) is 0 Å². The summed E-state index contributed by atoms with van der Waals surface area (Å²) in [6.07, 6.45) is 4.39. The molecule has 0 saturated carbocycles. The highest BCUT2D eigenvalue weighted by Crippen LogP contribution is 2.29. The van der Waals surface area contributed by atoms with Gasteiger partial charge in [-0.2, -0.15) is 5.10 Å². The minimum atomic E-state index is -0.515. The van der Waals surface area contributed by atoms with E-state index in [1.165, 1.54) is 5.56 Å². The van der Waals surface area contributed by atoms with Crippen molar-refractivity contribution in [1.82, 2.24) is 20.0 Å². The second-order valence-corrected chi connectivity index (χ2v) is 9.34. The number of fused-ring (bicyclic) bond motifs is 3. The van der Waals surface area contributed by atoms with E-state index in [4.69, 9.17) is 10.5 Å². The monoisotopic (exact) mass is 413 g/mol. The molecule has 1 atom stereocenters. The Kier molecular flexibility index (Phi) is 5.44. The van der Waals surface area contributed by atoms with Crippen LogP contribution < -0.4 is 5.73 Å². The second kappa shape index (κ2) is 7.91. The Hall–Kier alpha value is -2.61.